The lowest BCUT2D eigenvalue weighted by atomic mass is 10.0. The number of carbonyl (C=O) groups is 2. The maximum atomic E-state index is 12.2. The van der Waals surface area contributed by atoms with Crippen molar-refractivity contribution in [2.24, 2.45) is 0 Å². The highest BCUT2D eigenvalue weighted by molar-refractivity contribution is 5.70. The van der Waals surface area contributed by atoms with Gasteiger partial charge < -0.3 is 19.7 Å². The third-order valence-corrected chi connectivity index (χ3v) is 8.93. The molecule has 1 unspecified atom stereocenters. The summed E-state index contributed by atoms with van der Waals surface area (Å²) in [6.07, 6.45) is 48.9. The molecule has 0 spiro atoms. The molecule has 2 atom stereocenters. The molecule has 0 bridgehead atoms. The Balaban J connectivity index is 3.70. The van der Waals surface area contributed by atoms with Gasteiger partial charge in [-0.05, 0) is 44.9 Å². The topological polar surface area (TPSA) is 93.1 Å². The van der Waals surface area contributed by atoms with E-state index in [1.165, 1.54) is 103 Å². The Morgan fingerprint density at radius 1 is 0.549 bits per heavy atom. The van der Waals surface area contributed by atoms with Gasteiger partial charge in [-0.15, -0.1) is 0 Å². The van der Waals surface area contributed by atoms with Gasteiger partial charge in [0, 0.05) is 12.8 Å². The van der Waals surface area contributed by atoms with Gasteiger partial charge in [-0.25, -0.2) is 0 Å². The molecular weight excluding hydrogens is 636 g/mol. The number of unbranched alkanes of at least 4 members (excludes halogenated alkanes) is 18. The van der Waals surface area contributed by atoms with Crippen molar-refractivity contribution in [3.8, 4) is 0 Å². The van der Waals surface area contributed by atoms with Crippen LogP contribution in [0, 0.1) is 0 Å². The maximum absolute atomic E-state index is 12.2. The summed E-state index contributed by atoms with van der Waals surface area (Å²) in [6.45, 7) is 3.87. The predicted molar refractivity (Wildman–Crippen MR) is 216 cm³/mol. The molecule has 0 rings (SSSR count). The van der Waals surface area contributed by atoms with E-state index in [0.29, 0.717) is 19.3 Å². The molecule has 294 valence electrons. The quantitative estimate of drug-likeness (QED) is 0.0288. The third-order valence-electron chi connectivity index (χ3n) is 8.93. The summed E-state index contributed by atoms with van der Waals surface area (Å²) in [5, 5.41) is 19.7. The molecule has 51 heavy (non-hydrogen) atoms. The highest BCUT2D eigenvalue weighted by Gasteiger charge is 2.16. The fourth-order valence-corrected chi connectivity index (χ4v) is 5.76. The molecule has 0 aliphatic rings. The summed E-state index contributed by atoms with van der Waals surface area (Å²) in [4.78, 5) is 24.3. The Bertz CT molecular complexity index is 918. The van der Waals surface area contributed by atoms with E-state index in [-0.39, 0.29) is 19.0 Å². The SMILES string of the molecule is CC/C=C\C/C=C\C/C=C\C/C=C\C=C\C(O)CCCC(=O)O[C@@H](CO)COC(=O)CCCCCCCCCCCCCCCCCCCCC. The van der Waals surface area contributed by atoms with Crippen LogP contribution < -0.4 is 0 Å². The van der Waals surface area contributed by atoms with Crippen molar-refractivity contribution in [1.82, 2.24) is 0 Å². The van der Waals surface area contributed by atoms with Crippen molar-refractivity contribution >= 4 is 11.9 Å². The zero-order valence-electron chi connectivity index (χ0n) is 33.0. The Morgan fingerprint density at radius 3 is 1.49 bits per heavy atom. The van der Waals surface area contributed by atoms with E-state index in [9.17, 15) is 19.8 Å². The van der Waals surface area contributed by atoms with Crippen molar-refractivity contribution in [3.05, 3.63) is 60.8 Å². The van der Waals surface area contributed by atoms with Crippen LogP contribution >= 0.6 is 0 Å². The Morgan fingerprint density at radius 2 is 1.00 bits per heavy atom. The van der Waals surface area contributed by atoms with Gasteiger partial charge in [0.2, 0.25) is 0 Å². The number of rotatable bonds is 37. The minimum absolute atomic E-state index is 0.124. The first-order valence-corrected chi connectivity index (χ1v) is 21.0. The second-order valence-corrected chi connectivity index (χ2v) is 13.9. The molecule has 2 N–H and O–H groups in total. The monoisotopic (exact) mass is 715 g/mol. The molecule has 6 nitrogen and oxygen atoms in total. The van der Waals surface area contributed by atoms with E-state index in [4.69, 9.17) is 9.47 Å². The minimum atomic E-state index is -0.866. The van der Waals surface area contributed by atoms with Crippen molar-refractivity contribution in [2.45, 2.75) is 199 Å². The second-order valence-electron chi connectivity index (χ2n) is 13.9. The standard InChI is InChI=1S/C45H78O6/c1-3-5-7-9-11-13-15-17-18-19-20-21-22-24-26-28-30-32-34-38-44(48)50-41-43(40-46)51-45(49)39-35-37-42(47)36-33-31-29-27-25-23-16-14-12-10-8-6-4-2/h6,8,12,14,23,25,29,31,33,36,42-43,46-47H,3-5,7,9-11,13,15-22,24,26-28,30,32,34-35,37-41H2,1-2H3/b8-6-,14-12-,25-23-,31-29-,36-33+/t42?,43-/m0/s1. The smallest absolute Gasteiger partial charge is 0.306 e. The number of carbonyl (C=O) groups excluding carboxylic acids is 2. The van der Waals surface area contributed by atoms with Crippen molar-refractivity contribution in [3.63, 3.8) is 0 Å². The lowest BCUT2D eigenvalue weighted by Crippen LogP contribution is -2.28. The zero-order valence-corrected chi connectivity index (χ0v) is 33.0. The van der Waals surface area contributed by atoms with E-state index in [2.05, 4.69) is 50.3 Å². The molecule has 0 fully saturated rings. The Hall–Kier alpha value is -2.44. The molecule has 0 radical (unpaired) electrons. The summed E-state index contributed by atoms with van der Waals surface area (Å²) in [5.41, 5.74) is 0. The number of esters is 2. The molecule has 6 heteroatoms. The average molecular weight is 715 g/mol. The molecule has 0 aliphatic heterocycles. The van der Waals surface area contributed by atoms with Crippen LogP contribution in [-0.4, -0.2) is 47.6 Å². The predicted octanol–water partition coefficient (Wildman–Crippen LogP) is 12.1. The molecule has 0 amide bonds. The molecule has 0 saturated heterocycles. The molecule has 0 aliphatic carbocycles. The van der Waals surface area contributed by atoms with E-state index < -0.39 is 24.8 Å². The van der Waals surface area contributed by atoms with Crippen molar-refractivity contribution < 1.29 is 29.3 Å². The number of ether oxygens (including phenoxy) is 2. The zero-order chi connectivity index (χ0) is 37.3. The fraction of sp³-hybridized carbons (Fsp3) is 0.733. The average Bonchev–Trinajstić information content (AvgIpc) is 3.12. The van der Waals surface area contributed by atoms with Gasteiger partial charge in [0.05, 0.1) is 12.7 Å². The lowest BCUT2D eigenvalue weighted by molar-refractivity contribution is -0.161. The summed E-state index contributed by atoms with van der Waals surface area (Å²) < 4.78 is 10.5. The van der Waals surface area contributed by atoms with Crippen LogP contribution in [0.25, 0.3) is 0 Å². The summed E-state index contributed by atoms with van der Waals surface area (Å²) in [7, 11) is 0. The van der Waals surface area contributed by atoms with Crippen LogP contribution in [0.5, 0.6) is 0 Å². The number of hydrogen-bond donors (Lipinski definition) is 2. The second kappa shape index (κ2) is 40.3. The first kappa shape index (κ1) is 48.6. The molecular formula is C45H78O6. The van der Waals surface area contributed by atoms with Crippen molar-refractivity contribution in [2.75, 3.05) is 13.2 Å². The first-order chi connectivity index (χ1) is 25.0. The fourth-order valence-electron chi connectivity index (χ4n) is 5.76. The van der Waals surface area contributed by atoms with Gasteiger partial charge in [-0.2, -0.15) is 0 Å². The minimum Gasteiger partial charge on any atom is -0.462 e. The molecule has 0 aromatic heterocycles. The van der Waals surface area contributed by atoms with Gasteiger partial charge in [-0.3, -0.25) is 9.59 Å². The highest BCUT2D eigenvalue weighted by Crippen LogP contribution is 2.15. The molecule has 0 heterocycles. The number of aliphatic hydroxyl groups is 2. The normalized spacial score (nSPS) is 13.4. The van der Waals surface area contributed by atoms with Crippen LogP contribution in [0.2, 0.25) is 0 Å². The van der Waals surface area contributed by atoms with Crippen molar-refractivity contribution in [1.29, 1.82) is 0 Å². The van der Waals surface area contributed by atoms with Crippen LogP contribution in [0.15, 0.2) is 60.8 Å². The molecule has 0 aromatic carbocycles. The first-order valence-electron chi connectivity index (χ1n) is 21.0. The van der Waals surface area contributed by atoms with Crippen LogP contribution in [-0.2, 0) is 19.1 Å². The summed E-state index contributed by atoms with van der Waals surface area (Å²) in [5.74, 6) is -0.793. The van der Waals surface area contributed by atoms with Gasteiger partial charge in [-0.1, -0.05) is 190 Å². The van der Waals surface area contributed by atoms with Gasteiger partial charge in [0.1, 0.15) is 6.61 Å². The largest absolute Gasteiger partial charge is 0.462 e. The lowest BCUT2D eigenvalue weighted by Gasteiger charge is -2.16. The highest BCUT2D eigenvalue weighted by atomic mass is 16.6. The van der Waals surface area contributed by atoms with E-state index in [0.717, 1.165) is 44.9 Å². The third kappa shape index (κ3) is 38.6. The number of hydrogen-bond acceptors (Lipinski definition) is 6. The van der Waals surface area contributed by atoms with E-state index in [1.807, 2.05) is 18.2 Å². The molecule has 0 saturated carbocycles. The number of allylic oxidation sites excluding steroid dienone is 9. The summed E-state index contributed by atoms with van der Waals surface area (Å²) in [6, 6.07) is 0. The van der Waals surface area contributed by atoms with Crippen LogP contribution in [0.1, 0.15) is 187 Å². The molecule has 0 aromatic rings. The summed E-state index contributed by atoms with van der Waals surface area (Å²) >= 11 is 0. The number of aliphatic hydroxyl groups excluding tert-OH is 2. The van der Waals surface area contributed by atoms with Gasteiger partial charge in [0.25, 0.3) is 0 Å². The van der Waals surface area contributed by atoms with Gasteiger partial charge >= 0.3 is 11.9 Å². The van der Waals surface area contributed by atoms with E-state index in [1.54, 1.807) is 6.08 Å². The van der Waals surface area contributed by atoms with E-state index >= 15 is 0 Å². The van der Waals surface area contributed by atoms with Crippen LogP contribution in [0.4, 0.5) is 0 Å². The Labute approximate surface area is 313 Å². The van der Waals surface area contributed by atoms with Crippen LogP contribution in [0.3, 0.4) is 0 Å². The Kier molecular flexibility index (Phi) is 38.4. The maximum Gasteiger partial charge on any atom is 0.306 e. The van der Waals surface area contributed by atoms with Gasteiger partial charge in [0.15, 0.2) is 6.10 Å².